The third-order valence-corrected chi connectivity index (χ3v) is 3.46. The standard InChI is InChI=1S/C19H20ClNO2/c1-3-12-23-17-8-4-15(5-9-17)6-11-19(22)21-18-10-7-16(20)13-14(18)2/h4-11,13H,3,12H2,1-2H3,(H,21,22)/b11-6+. The van der Waals surface area contributed by atoms with E-state index in [0.29, 0.717) is 11.6 Å². The average molecular weight is 330 g/mol. The van der Waals surface area contributed by atoms with Crippen LogP contribution in [0.5, 0.6) is 5.75 Å². The fourth-order valence-electron chi connectivity index (χ4n) is 2.01. The van der Waals surface area contributed by atoms with Gasteiger partial charge in [0, 0.05) is 16.8 Å². The van der Waals surface area contributed by atoms with Crippen molar-refractivity contribution in [3.63, 3.8) is 0 Å². The number of anilines is 1. The van der Waals surface area contributed by atoms with Crippen LogP contribution < -0.4 is 10.1 Å². The van der Waals surface area contributed by atoms with E-state index in [4.69, 9.17) is 16.3 Å². The molecule has 0 aliphatic rings. The summed E-state index contributed by atoms with van der Waals surface area (Å²) in [6.45, 7) is 4.68. The van der Waals surface area contributed by atoms with Gasteiger partial charge < -0.3 is 10.1 Å². The van der Waals surface area contributed by atoms with Gasteiger partial charge in [-0.2, -0.15) is 0 Å². The molecule has 2 rings (SSSR count). The van der Waals surface area contributed by atoms with Crippen molar-refractivity contribution in [1.82, 2.24) is 0 Å². The van der Waals surface area contributed by atoms with Crippen LogP contribution in [0.25, 0.3) is 6.08 Å². The van der Waals surface area contributed by atoms with E-state index in [9.17, 15) is 4.79 Å². The third kappa shape index (κ3) is 5.46. The molecule has 23 heavy (non-hydrogen) atoms. The molecule has 0 atom stereocenters. The Morgan fingerprint density at radius 2 is 1.96 bits per heavy atom. The lowest BCUT2D eigenvalue weighted by Crippen LogP contribution is -2.08. The minimum absolute atomic E-state index is 0.179. The molecular formula is C19H20ClNO2. The Bertz CT molecular complexity index is 693. The topological polar surface area (TPSA) is 38.3 Å². The maximum atomic E-state index is 12.0. The first kappa shape index (κ1) is 17.1. The molecular weight excluding hydrogens is 310 g/mol. The summed E-state index contributed by atoms with van der Waals surface area (Å²) in [6.07, 6.45) is 4.26. The van der Waals surface area contributed by atoms with Gasteiger partial charge in [-0.1, -0.05) is 30.7 Å². The van der Waals surface area contributed by atoms with E-state index in [0.717, 1.165) is 29.0 Å². The normalized spacial score (nSPS) is 10.7. The highest BCUT2D eigenvalue weighted by atomic mass is 35.5. The van der Waals surface area contributed by atoms with E-state index in [1.54, 1.807) is 18.2 Å². The van der Waals surface area contributed by atoms with Crippen LogP contribution in [0.2, 0.25) is 5.02 Å². The van der Waals surface area contributed by atoms with Crippen molar-refractivity contribution in [3.05, 3.63) is 64.7 Å². The molecule has 0 aliphatic heterocycles. The number of hydrogen-bond donors (Lipinski definition) is 1. The number of halogens is 1. The molecule has 0 spiro atoms. The van der Waals surface area contributed by atoms with Crippen molar-refractivity contribution in [2.24, 2.45) is 0 Å². The Hall–Kier alpha value is -2.26. The van der Waals surface area contributed by atoms with Gasteiger partial charge in [-0.3, -0.25) is 4.79 Å². The van der Waals surface area contributed by atoms with Crippen molar-refractivity contribution < 1.29 is 9.53 Å². The Kier molecular flexibility index (Phi) is 6.24. The molecule has 1 amide bonds. The fourth-order valence-corrected chi connectivity index (χ4v) is 2.24. The molecule has 3 nitrogen and oxygen atoms in total. The van der Waals surface area contributed by atoms with E-state index in [1.165, 1.54) is 6.08 Å². The Balaban J connectivity index is 1.95. The molecule has 2 aromatic carbocycles. The van der Waals surface area contributed by atoms with Gasteiger partial charge in [-0.15, -0.1) is 0 Å². The second kappa shape index (κ2) is 8.39. The lowest BCUT2D eigenvalue weighted by Gasteiger charge is -2.06. The minimum atomic E-state index is -0.179. The van der Waals surface area contributed by atoms with Gasteiger partial charge in [-0.25, -0.2) is 0 Å². The van der Waals surface area contributed by atoms with E-state index >= 15 is 0 Å². The predicted molar refractivity (Wildman–Crippen MR) is 96.1 cm³/mol. The van der Waals surface area contributed by atoms with Crippen LogP contribution in [-0.2, 0) is 4.79 Å². The molecule has 120 valence electrons. The number of hydrogen-bond acceptors (Lipinski definition) is 2. The molecule has 0 fully saturated rings. The highest BCUT2D eigenvalue weighted by Gasteiger charge is 2.02. The van der Waals surface area contributed by atoms with Crippen LogP contribution in [0.4, 0.5) is 5.69 Å². The van der Waals surface area contributed by atoms with Crippen LogP contribution >= 0.6 is 11.6 Å². The second-order valence-corrected chi connectivity index (χ2v) is 5.64. The number of aryl methyl sites for hydroxylation is 1. The van der Waals surface area contributed by atoms with Crippen molar-refractivity contribution in [2.75, 3.05) is 11.9 Å². The van der Waals surface area contributed by atoms with E-state index in [-0.39, 0.29) is 5.91 Å². The van der Waals surface area contributed by atoms with Gasteiger partial charge in [0.2, 0.25) is 5.91 Å². The van der Waals surface area contributed by atoms with Gasteiger partial charge in [0.05, 0.1) is 6.61 Å². The highest BCUT2D eigenvalue weighted by Crippen LogP contribution is 2.19. The summed E-state index contributed by atoms with van der Waals surface area (Å²) in [5.74, 6) is 0.659. The first-order valence-corrected chi connectivity index (χ1v) is 7.94. The highest BCUT2D eigenvalue weighted by molar-refractivity contribution is 6.30. The van der Waals surface area contributed by atoms with E-state index in [2.05, 4.69) is 12.2 Å². The smallest absolute Gasteiger partial charge is 0.248 e. The summed E-state index contributed by atoms with van der Waals surface area (Å²) in [5.41, 5.74) is 2.63. The maximum Gasteiger partial charge on any atom is 0.248 e. The fraction of sp³-hybridized carbons (Fsp3) is 0.211. The minimum Gasteiger partial charge on any atom is -0.494 e. The summed E-state index contributed by atoms with van der Waals surface area (Å²) in [6, 6.07) is 13.0. The molecule has 0 aliphatic carbocycles. The number of nitrogens with one attached hydrogen (secondary N) is 1. The number of carbonyl (C=O) groups excluding carboxylic acids is 1. The van der Waals surface area contributed by atoms with Gasteiger partial charge in [0.25, 0.3) is 0 Å². The molecule has 0 unspecified atom stereocenters. The van der Waals surface area contributed by atoms with Gasteiger partial charge in [-0.05, 0) is 60.9 Å². The first-order chi connectivity index (χ1) is 11.1. The molecule has 2 aromatic rings. The van der Waals surface area contributed by atoms with Crippen LogP contribution in [0.1, 0.15) is 24.5 Å². The molecule has 0 heterocycles. The van der Waals surface area contributed by atoms with Crippen LogP contribution in [0, 0.1) is 6.92 Å². The lowest BCUT2D eigenvalue weighted by atomic mass is 10.2. The molecule has 1 N–H and O–H groups in total. The van der Waals surface area contributed by atoms with Crippen LogP contribution in [0.3, 0.4) is 0 Å². The Labute approximate surface area is 141 Å². The van der Waals surface area contributed by atoms with Crippen molar-refractivity contribution in [3.8, 4) is 5.75 Å². The second-order valence-electron chi connectivity index (χ2n) is 5.20. The van der Waals surface area contributed by atoms with Crippen molar-refractivity contribution in [1.29, 1.82) is 0 Å². The van der Waals surface area contributed by atoms with E-state index in [1.807, 2.05) is 37.3 Å². The molecule has 0 radical (unpaired) electrons. The third-order valence-electron chi connectivity index (χ3n) is 3.23. The molecule has 4 heteroatoms. The monoisotopic (exact) mass is 329 g/mol. The summed E-state index contributed by atoms with van der Waals surface area (Å²) in [7, 11) is 0. The Morgan fingerprint density at radius 1 is 1.22 bits per heavy atom. The van der Waals surface area contributed by atoms with Crippen LogP contribution in [-0.4, -0.2) is 12.5 Å². The quantitative estimate of drug-likeness (QED) is 0.750. The Morgan fingerprint density at radius 3 is 2.61 bits per heavy atom. The van der Waals surface area contributed by atoms with Crippen molar-refractivity contribution >= 4 is 29.3 Å². The number of benzene rings is 2. The zero-order chi connectivity index (χ0) is 16.7. The van der Waals surface area contributed by atoms with Crippen molar-refractivity contribution in [2.45, 2.75) is 20.3 Å². The van der Waals surface area contributed by atoms with E-state index < -0.39 is 0 Å². The number of ether oxygens (including phenoxy) is 1. The average Bonchev–Trinajstić information content (AvgIpc) is 2.54. The SMILES string of the molecule is CCCOc1ccc(/C=C/C(=O)Nc2ccc(Cl)cc2C)cc1. The van der Waals surface area contributed by atoms with Gasteiger partial charge >= 0.3 is 0 Å². The van der Waals surface area contributed by atoms with Crippen LogP contribution in [0.15, 0.2) is 48.5 Å². The maximum absolute atomic E-state index is 12.0. The molecule has 0 bridgehead atoms. The first-order valence-electron chi connectivity index (χ1n) is 7.56. The molecule has 0 saturated heterocycles. The predicted octanol–water partition coefficient (Wildman–Crippen LogP) is 5.09. The zero-order valence-corrected chi connectivity index (χ0v) is 14.1. The van der Waals surface area contributed by atoms with Gasteiger partial charge in [0.15, 0.2) is 0 Å². The number of carbonyl (C=O) groups is 1. The summed E-state index contributed by atoms with van der Waals surface area (Å²) >= 11 is 5.90. The number of amides is 1. The molecule has 0 aromatic heterocycles. The summed E-state index contributed by atoms with van der Waals surface area (Å²) in [5, 5.41) is 3.49. The summed E-state index contributed by atoms with van der Waals surface area (Å²) < 4.78 is 5.52. The summed E-state index contributed by atoms with van der Waals surface area (Å²) in [4.78, 5) is 12.0. The lowest BCUT2D eigenvalue weighted by molar-refractivity contribution is -0.111. The zero-order valence-electron chi connectivity index (χ0n) is 13.3. The van der Waals surface area contributed by atoms with Gasteiger partial charge in [0.1, 0.15) is 5.75 Å². The largest absolute Gasteiger partial charge is 0.494 e. The number of rotatable bonds is 6. The molecule has 0 saturated carbocycles.